The van der Waals surface area contributed by atoms with E-state index in [1.54, 1.807) is 19.0 Å². The van der Waals surface area contributed by atoms with Gasteiger partial charge in [0.05, 0.1) is 6.54 Å². The van der Waals surface area contributed by atoms with Crippen LogP contribution in [-0.4, -0.2) is 69.0 Å². The van der Waals surface area contributed by atoms with Crippen LogP contribution in [0, 0.1) is 0 Å². The molecule has 1 amide bonds. The summed E-state index contributed by atoms with van der Waals surface area (Å²) in [4.78, 5) is 25.0. The van der Waals surface area contributed by atoms with Crippen molar-refractivity contribution >= 4 is 28.3 Å². The van der Waals surface area contributed by atoms with Crippen LogP contribution in [0.2, 0.25) is 0 Å². The molecule has 3 aromatic heterocycles. The molecule has 0 atom stereocenters. The van der Waals surface area contributed by atoms with Gasteiger partial charge >= 0.3 is 0 Å². The molecule has 9 heteroatoms. The van der Waals surface area contributed by atoms with Crippen LogP contribution >= 0.6 is 0 Å². The van der Waals surface area contributed by atoms with E-state index in [1.165, 1.54) is 6.33 Å². The summed E-state index contributed by atoms with van der Waals surface area (Å²) in [5, 5.41) is 4.58. The summed E-state index contributed by atoms with van der Waals surface area (Å²) in [5.74, 6) is 1.57. The average Bonchev–Trinajstić information content (AvgIpc) is 3.51. The van der Waals surface area contributed by atoms with Crippen molar-refractivity contribution in [3.63, 3.8) is 0 Å². The fraction of sp³-hybridized carbons (Fsp3) is 0.310. The molecule has 0 aliphatic carbocycles. The van der Waals surface area contributed by atoms with Crippen molar-refractivity contribution in [2.75, 3.05) is 39.5 Å². The van der Waals surface area contributed by atoms with E-state index in [-0.39, 0.29) is 5.91 Å². The standard InChI is InChI=1S/C29H31N7O2/c1-34(2)27(37)17-35-12-10-20(11-13-35)24-16-22(28-29(30)31-18-32-36(24)28)21-8-9-23-25(15-21)38-26(33-23)14-19-6-4-3-5-7-19/h3-9,15-16,18,20H,10-14,17H2,1-2H3,(H2,30,31,32). The average molecular weight is 510 g/mol. The van der Waals surface area contributed by atoms with Gasteiger partial charge in [0.2, 0.25) is 5.91 Å². The van der Waals surface area contributed by atoms with Gasteiger partial charge in [-0.2, -0.15) is 5.10 Å². The molecule has 4 heterocycles. The maximum atomic E-state index is 12.2. The van der Waals surface area contributed by atoms with Crippen LogP contribution in [0.3, 0.4) is 0 Å². The molecule has 9 nitrogen and oxygen atoms in total. The SMILES string of the molecule is CN(C)C(=O)CN1CCC(c2cc(-c3ccc4nc(Cc5ccccc5)oc4c3)c3c(N)ncnn23)CC1. The zero-order chi connectivity index (χ0) is 26.2. The Hall–Kier alpha value is -4.24. The normalized spacial score (nSPS) is 14.9. The van der Waals surface area contributed by atoms with Crippen LogP contribution < -0.4 is 5.73 Å². The van der Waals surface area contributed by atoms with Gasteiger partial charge in [-0.05, 0) is 55.3 Å². The number of aromatic nitrogens is 4. The Labute approximate surface area is 220 Å². The Bertz CT molecular complexity index is 1600. The predicted octanol–water partition coefficient (Wildman–Crippen LogP) is 3.98. The summed E-state index contributed by atoms with van der Waals surface area (Å²) in [6.07, 6.45) is 4.04. The Morgan fingerprint density at radius 1 is 1.11 bits per heavy atom. The van der Waals surface area contributed by atoms with E-state index in [9.17, 15) is 4.79 Å². The van der Waals surface area contributed by atoms with Crippen LogP contribution in [0.25, 0.3) is 27.7 Å². The number of anilines is 1. The molecule has 1 saturated heterocycles. The largest absolute Gasteiger partial charge is 0.440 e. The number of fused-ring (bicyclic) bond motifs is 2. The summed E-state index contributed by atoms with van der Waals surface area (Å²) in [6, 6.07) is 18.4. The molecule has 2 aromatic carbocycles. The highest BCUT2D eigenvalue weighted by molar-refractivity contribution is 5.91. The predicted molar refractivity (Wildman–Crippen MR) is 147 cm³/mol. The van der Waals surface area contributed by atoms with Crippen LogP contribution in [0.4, 0.5) is 5.82 Å². The lowest BCUT2D eigenvalue weighted by molar-refractivity contribution is -0.130. The minimum absolute atomic E-state index is 0.133. The number of oxazole rings is 1. The van der Waals surface area contributed by atoms with E-state index in [0.717, 1.165) is 64.9 Å². The smallest absolute Gasteiger partial charge is 0.236 e. The lowest BCUT2D eigenvalue weighted by Gasteiger charge is -2.31. The number of likely N-dealkylation sites (N-methyl/N-ethyl adjacent to an activating group) is 1. The number of hydrogen-bond acceptors (Lipinski definition) is 7. The molecule has 0 saturated carbocycles. The molecule has 1 fully saturated rings. The Balaban J connectivity index is 1.30. The molecule has 0 spiro atoms. The Morgan fingerprint density at radius 3 is 2.66 bits per heavy atom. The second-order valence-electron chi connectivity index (χ2n) is 10.2. The summed E-state index contributed by atoms with van der Waals surface area (Å²) in [7, 11) is 3.60. The lowest BCUT2D eigenvalue weighted by atomic mass is 9.93. The van der Waals surface area contributed by atoms with E-state index in [2.05, 4.69) is 44.2 Å². The Morgan fingerprint density at radius 2 is 1.89 bits per heavy atom. The highest BCUT2D eigenvalue weighted by Crippen LogP contribution is 2.37. The van der Waals surface area contributed by atoms with Crippen LogP contribution in [0.1, 0.15) is 35.9 Å². The number of rotatable bonds is 6. The van der Waals surface area contributed by atoms with Crippen molar-refractivity contribution in [2.45, 2.75) is 25.2 Å². The van der Waals surface area contributed by atoms with Gasteiger partial charge in [-0.1, -0.05) is 36.4 Å². The number of nitrogen functional groups attached to an aromatic ring is 1. The monoisotopic (exact) mass is 509 g/mol. The molecule has 1 aliphatic rings. The molecule has 0 bridgehead atoms. The lowest BCUT2D eigenvalue weighted by Crippen LogP contribution is -2.40. The molecule has 0 radical (unpaired) electrons. The quantitative estimate of drug-likeness (QED) is 0.369. The van der Waals surface area contributed by atoms with Crippen molar-refractivity contribution in [1.82, 2.24) is 29.4 Å². The fourth-order valence-corrected chi connectivity index (χ4v) is 5.31. The topological polar surface area (TPSA) is 106 Å². The van der Waals surface area contributed by atoms with Crippen LogP contribution in [0.5, 0.6) is 0 Å². The molecule has 194 valence electrons. The number of carbonyl (C=O) groups is 1. The number of amides is 1. The number of carbonyl (C=O) groups excluding carboxylic acids is 1. The van der Waals surface area contributed by atoms with E-state index in [0.29, 0.717) is 30.6 Å². The number of hydrogen-bond donors (Lipinski definition) is 1. The first-order valence-corrected chi connectivity index (χ1v) is 12.9. The molecule has 5 aromatic rings. The molecular weight excluding hydrogens is 478 g/mol. The molecular formula is C29H31N7O2. The highest BCUT2D eigenvalue weighted by Gasteiger charge is 2.27. The van der Waals surface area contributed by atoms with Crippen molar-refractivity contribution in [2.24, 2.45) is 0 Å². The number of piperidine rings is 1. The van der Waals surface area contributed by atoms with Crippen molar-refractivity contribution in [1.29, 1.82) is 0 Å². The fourth-order valence-electron chi connectivity index (χ4n) is 5.31. The van der Waals surface area contributed by atoms with Gasteiger partial charge in [0, 0.05) is 37.7 Å². The minimum Gasteiger partial charge on any atom is -0.440 e. The first-order chi connectivity index (χ1) is 18.5. The second-order valence-corrected chi connectivity index (χ2v) is 10.2. The number of nitrogens with two attached hydrogens (primary N) is 1. The third-order valence-corrected chi connectivity index (χ3v) is 7.42. The van der Waals surface area contributed by atoms with Gasteiger partial charge in [0.25, 0.3) is 0 Å². The second kappa shape index (κ2) is 9.90. The maximum Gasteiger partial charge on any atom is 0.236 e. The zero-order valence-corrected chi connectivity index (χ0v) is 21.7. The molecule has 0 unspecified atom stereocenters. The van der Waals surface area contributed by atoms with Gasteiger partial charge in [-0.25, -0.2) is 14.5 Å². The highest BCUT2D eigenvalue weighted by atomic mass is 16.3. The van der Waals surface area contributed by atoms with Crippen LogP contribution in [-0.2, 0) is 11.2 Å². The van der Waals surface area contributed by atoms with Crippen molar-refractivity contribution in [3.05, 3.63) is 78.1 Å². The molecule has 38 heavy (non-hydrogen) atoms. The van der Waals surface area contributed by atoms with Gasteiger partial charge < -0.3 is 15.1 Å². The van der Waals surface area contributed by atoms with Crippen molar-refractivity contribution < 1.29 is 9.21 Å². The number of nitrogens with zero attached hydrogens (tertiary/aromatic N) is 6. The molecule has 2 N–H and O–H groups in total. The summed E-state index contributed by atoms with van der Waals surface area (Å²) in [5.41, 5.74) is 13.0. The van der Waals surface area contributed by atoms with Gasteiger partial charge in [-0.15, -0.1) is 0 Å². The third kappa shape index (κ3) is 4.61. The first-order valence-electron chi connectivity index (χ1n) is 12.9. The third-order valence-electron chi connectivity index (χ3n) is 7.42. The molecule has 1 aliphatic heterocycles. The van der Waals surface area contributed by atoms with Gasteiger partial charge in [-0.3, -0.25) is 9.69 Å². The van der Waals surface area contributed by atoms with E-state index >= 15 is 0 Å². The zero-order valence-electron chi connectivity index (χ0n) is 21.7. The van der Waals surface area contributed by atoms with Gasteiger partial charge in [0.1, 0.15) is 17.4 Å². The summed E-state index contributed by atoms with van der Waals surface area (Å²) < 4.78 is 8.08. The first kappa shape index (κ1) is 24.1. The molecule has 6 rings (SSSR count). The number of benzene rings is 2. The maximum absolute atomic E-state index is 12.2. The number of likely N-dealkylation sites (tertiary alicyclic amines) is 1. The van der Waals surface area contributed by atoms with E-state index in [4.69, 9.17) is 10.2 Å². The van der Waals surface area contributed by atoms with Crippen LogP contribution in [0.15, 0.2) is 65.3 Å². The van der Waals surface area contributed by atoms with Gasteiger partial charge in [0.15, 0.2) is 17.3 Å². The summed E-state index contributed by atoms with van der Waals surface area (Å²) >= 11 is 0. The minimum atomic E-state index is 0.133. The summed E-state index contributed by atoms with van der Waals surface area (Å²) in [6.45, 7) is 2.18. The van der Waals surface area contributed by atoms with E-state index in [1.807, 2.05) is 34.8 Å². The van der Waals surface area contributed by atoms with Crippen molar-refractivity contribution in [3.8, 4) is 11.1 Å². The Kier molecular flexibility index (Phi) is 6.29. The van der Waals surface area contributed by atoms with E-state index < -0.39 is 0 Å².